The molecule has 0 saturated heterocycles. The molecule has 0 spiro atoms. The smallest absolute Gasteiger partial charge is 0.333 e. The number of amides is 1. The molecular weight excluding hydrogens is 386 g/mol. The molecule has 2 heterocycles. The van der Waals surface area contributed by atoms with Crippen LogP contribution >= 0.6 is 11.3 Å². The molecule has 0 bridgehead atoms. The normalized spacial score (nSPS) is 10.9. The second-order valence-electron chi connectivity index (χ2n) is 6.66. The Morgan fingerprint density at radius 1 is 0.966 bits per heavy atom. The van der Waals surface area contributed by atoms with E-state index in [0.29, 0.717) is 22.4 Å². The molecule has 2 N–H and O–H groups in total. The minimum Gasteiger partial charge on any atom is -0.355 e. The maximum absolute atomic E-state index is 12.6. The van der Waals surface area contributed by atoms with Crippen LogP contribution in [0.1, 0.15) is 11.1 Å². The van der Waals surface area contributed by atoms with E-state index in [0.717, 1.165) is 16.6 Å². The highest BCUT2D eigenvalue weighted by Gasteiger charge is 2.11. The number of nitrogens with one attached hydrogen (secondary N) is 2. The Labute approximate surface area is 170 Å². The zero-order valence-corrected chi connectivity index (χ0v) is 16.4. The van der Waals surface area contributed by atoms with Crippen LogP contribution in [-0.2, 0) is 17.6 Å². The van der Waals surface area contributed by atoms with Crippen molar-refractivity contribution in [3.05, 3.63) is 98.0 Å². The molecule has 0 aliphatic heterocycles. The van der Waals surface area contributed by atoms with Gasteiger partial charge in [0.25, 0.3) is 5.56 Å². The molecule has 146 valence electrons. The summed E-state index contributed by atoms with van der Waals surface area (Å²) in [6.07, 6.45) is 1.02. The van der Waals surface area contributed by atoms with Crippen molar-refractivity contribution in [2.24, 2.45) is 0 Å². The summed E-state index contributed by atoms with van der Waals surface area (Å²) >= 11 is 1.29. The lowest BCUT2D eigenvalue weighted by Gasteiger charge is -2.08. The van der Waals surface area contributed by atoms with Crippen LogP contribution in [0.4, 0.5) is 0 Å². The molecule has 4 aromatic rings. The average molecular weight is 405 g/mol. The van der Waals surface area contributed by atoms with Crippen LogP contribution in [0.3, 0.4) is 0 Å². The largest absolute Gasteiger partial charge is 0.355 e. The highest BCUT2D eigenvalue weighted by Crippen LogP contribution is 2.14. The Bertz CT molecular complexity index is 1250. The Kier molecular flexibility index (Phi) is 5.39. The van der Waals surface area contributed by atoms with Gasteiger partial charge in [0, 0.05) is 6.54 Å². The maximum Gasteiger partial charge on any atom is 0.333 e. The zero-order chi connectivity index (χ0) is 20.2. The van der Waals surface area contributed by atoms with Gasteiger partial charge in [-0.05, 0) is 41.1 Å². The number of aromatic amines is 1. The van der Waals surface area contributed by atoms with Gasteiger partial charge >= 0.3 is 5.69 Å². The van der Waals surface area contributed by atoms with Gasteiger partial charge in [-0.3, -0.25) is 9.59 Å². The van der Waals surface area contributed by atoms with E-state index in [9.17, 15) is 14.4 Å². The van der Waals surface area contributed by atoms with Gasteiger partial charge in [-0.1, -0.05) is 42.5 Å². The molecule has 0 aliphatic rings. The van der Waals surface area contributed by atoms with E-state index < -0.39 is 5.69 Å². The number of carbonyl (C=O) groups excluding carboxylic acids is 1. The first-order valence-corrected chi connectivity index (χ1v) is 10.1. The predicted molar refractivity (Wildman–Crippen MR) is 115 cm³/mol. The van der Waals surface area contributed by atoms with Crippen LogP contribution in [0, 0.1) is 0 Å². The lowest BCUT2D eigenvalue weighted by Crippen LogP contribution is -2.33. The summed E-state index contributed by atoms with van der Waals surface area (Å²) < 4.78 is 1.62. The molecule has 29 heavy (non-hydrogen) atoms. The molecule has 0 atom stereocenters. The van der Waals surface area contributed by atoms with Gasteiger partial charge in [0.05, 0.1) is 17.6 Å². The summed E-state index contributed by atoms with van der Waals surface area (Å²) in [5.74, 6) is -0.0660. The fraction of sp³-hybridized carbons (Fsp3) is 0.136. The number of hydrogen-bond acceptors (Lipinski definition) is 4. The van der Waals surface area contributed by atoms with E-state index in [-0.39, 0.29) is 17.9 Å². The number of nitrogens with zero attached hydrogens (tertiary/aromatic N) is 1. The Hall–Kier alpha value is -3.45. The van der Waals surface area contributed by atoms with Gasteiger partial charge in [0.15, 0.2) is 0 Å². The van der Waals surface area contributed by atoms with Gasteiger partial charge < -0.3 is 10.3 Å². The second kappa shape index (κ2) is 8.28. The Morgan fingerprint density at radius 3 is 2.48 bits per heavy atom. The molecule has 0 unspecified atom stereocenters. The molecule has 1 amide bonds. The molecule has 2 aromatic carbocycles. The van der Waals surface area contributed by atoms with Crippen molar-refractivity contribution in [1.82, 2.24) is 14.9 Å². The van der Waals surface area contributed by atoms with Crippen molar-refractivity contribution in [3.8, 4) is 5.69 Å². The summed E-state index contributed by atoms with van der Waals surface area (Å²) in [5, 5.41) is 4.68. The standard InChI is InChI=1S/C22H19N3O3S/c26-19(23-12-10-15-4-2-1-3-5-15)14-16-6-8-17(9-7-16)25-21(27)20-18(11-13-29-20)24-22(25)28/h1-9,11,13H,10,12,14H2,(H,23,26)(H,24,28). The quantitative estimate of drug-likeness (QED) is 0.517. The SMILES string of the molecule is O=C(Cc1ccc(-n2c(=O)[nH]c3ccsc3c2=O)cc1)NCCc1ccccc1. The van der Waals surface area contributed by atoms with Crippen molar-refractivity contribution >= 4 is 27.5 Å². The summed E-state index contributed by atoms with van der Waals surface area (Å²) in [5.41, 5.74) is 2.19. The summed E-state index contributed by atoms with van der Waals surface area (Å²) in [7, 11) is 0. The predicted octanol–water partition coefficient (Wildman–Crippen LogP) is 2.64. The third-order valence-electron chi connectivity index (χ3n) is 4.65. The van der Waals surface area contributed by atoms with Gasteiger partial charge in [-0.15, -0.1) is 11.3 Å². The summed E-state index contributed by atoms with van der Waals surface area (Å²) in [6, 6.07) is 18.6. The Balaban J connectivity index is 1.42. The van der Waals surface area contributed by atoms with Crippen molar-refractivity contribution in [3.63, 3.8) is 0 Å². The van der Waals surface area contributed by atoms with Crippen molar-refractivity contribution in [1.29, 1.82) is 0 Å². The lowest BCUT2D eigenvalue weighted by molar-refractivity contribution is -0.120. The van der Waals surface area contributed by atoms with Crippen LogP contribution in [0.25, 0.3) is 15.9 Å². The first kappa shape index (κ1) is 18.9. The first-order chi connectivity index (χ1) is 14.1. The summed E-state index contributed by atoms with van der Waals surface area (Å²) in [6.45, 7) is 0.576. The maximum atomic E-state index is 12.6. The lowest BCUT2D eigenvalue weighted by atomic mass is 10.1. The highest BCUT2D eigenvalue weighted by atomic mass is 32.1. The van der Waals surface area contributed by atoms with Crippen molar-refractivity contribution < 1.29 is 4.79 Å². The molecule has 7 heteroatoms. The number of benzene rings is 2. The number of thiophene rings is 1. The number of fused-ring (bicyclic) bond motifs is 1. The van der Waals surface area contributed by atoms with Crippen molar-refractivity contribution in [2.45, 2.75) is 12.8 Å². The van der Waals surface area contributed by atoms with Crippen LogP contribution < -0.4 is 16.6 Å². The zero-order valence-electron chi connectivity index (χ0n) is 15.6. The molecule has 0 aliphatic carbocycles. The number of carbonyl (C=O) groups is 1. The molecular formula is C22H19N3O3S. The minimum atomic E-state index is -0.479. The van der Waals surface area contributed by atoms with Gasteiger partial charge in [-0.25, -0.2) is 9.36 Å². The third-order valence-corrected chi connectivity index (χ3v) is 5.55. The molecule has 6 nitrogen and oxygen atoms in total. The van der Waals surface area contributed by atoms with E-state index in [1.807, 2.05) is 30.3 Å². The van der Waals surface area contributed by atoms with E-state index in [1.165, 1.54) is 16.9 Å². The fourth-order valence-corrected chi connectivity index (χ4v) is 3.95. The van der Waals surface area contributed by atoms with E-state index >= 15 is 0 Å². The minimum absolute atomic E-state index is 0.0660. The molecule has 2 aromatic heterocycles. The van der Waals surface area contributed by atoms with E-state index in [1.54, 1.807) is 35.7 Å². The Morgan fingerprint density at radius 2 is 1.72 bits per heavy atom. The van der Waals surface area contributed by atoms with Crippen LogP contribution in [0.5, 0.6) is 0 Å². The topological polar surface area (TPSA) is 84.0 Å². The molecule has 0 fully saturated rings. The van der Waals surface area contributed by atoms with Gasteiger partial charge in [0.1, 0.15) is 4.70 Å². The van der Waals surface area contributed by atoms with Crippen LogP contribution in [-0.4, -0.2) is 22.0 Å². The molecule has 0 saturated carbocycles. The second-order valence-corrected chi connectivity index (χ2v) is 7.58. The summed E-state index contributed by atoms with van der Waals surface area (Å²) in [4.78, 5) is 39.8. The number of aromatic nitrogens is 2. The monoisotopic (exact) mass is 405 g/mol. The average Bonchev–Trinajstić information content (AvgIpc) is 3.19. The first-order valence-electron chi connectivity index (χ1n) is 9.24. The van der Waals surface area contributed by atoms with Crippen molar-refractivity contribution in [2.75, 3.05) is 6.54 Å². The fourth-order valence-electron chi connectivity index (χ4n) is 3.17. The van der Waals surface area contributed by atoms with E-state index in [2.05, 4.69) is 10.3 Å². The number of H-pyrrole nitrogens is 1. The third kappa shape index (κ3) is 4.20. The van der Waals surface area contributed by atoms with Crippen LogP contribution in [0.2, 0.25) is 0 Å². The number of hydrogen-bond donors (Lipinski definition) is 2. The van der Waals surface area contributed by atoms with Gasteiger partial charge in [-0.2, -0.15) is 0 Å². The van der Waals surface area contributed by atoms with Gasteiger partial charge in [0.2, 0.25) is 5.91 Å². The highest BCUT2D eigenvalue weighted by molar-refractivity contribution is 7.17. The van der Waals surface area contributed by atoms with E-state index in [4.69, 9.17) is 0 Å². The molecule has 4 rings (SSSR count). The van der Waals surface area contributed by atoms with Crippen LogP contribution in [0.15, 0.2) is 75.6 Å². The number of rotatable bonds is 6. The molecule has 0 radical (unpaired) electrons.